The van der Waals surface area contributed by atoms with E-state index in [2.05, 4.69) is 34.0 Å². The minimum absolute atomic E-state index is 0.360. The van der Waals surface area contributed by atoms with Gasteiger partial charge in [-0.05, 0) is 61.4 Å². The van der Waals surface area contributed by atoms with Crippen molar-refractivity contribution in [2.75, 3.05) is 19.6 Å². The van der Waals surface area contributed by atoms with Gasteiger partial charge in [-0.1, -0.05) is 18.6 Å². The van der Waals surface area contributed by atoms with Gasteiger partial charge in [0.25, 0.3) is 0 Å². The SMILES string of the molecule is CCNC(=NCc1cccc(S(=O)(=O)N2CCCCC2)c1)NCc1sccc1C. The summed E-state index contributed by atoms with van der Waals surface area (Å²) in [5, 5.41) is 8.69. The Hall–Kier alpha value is -1.90. The van der Waals surface area contributed by atoms with E-state index in [0.29, 0.717) is 24.5 Å². The molecule has 0 atom stereocenters. The molecular weight excluding hydrogens is 404 g/mol. The monoisotopic (exact) mass is 434 g/mol. The van der Waals surface area contributed by atoms with Crippen LogP contribution < -0.4 is 10.6 Å². The van der Waals surface area contributed by atoms with E-state index in [9.17, 15) is 8.42 Å². The number of aryl methyl sites for hydroxylation is 1. The van der Waals surface area contributed by atoms with Crippen molar-refractivity contribution in [3.8, 4) is 0 Å². The topological polar surface area (TPSA) is 73.8 Å². The average molecular weight is 435 g/mol. The molecule has 0 spiro atoms. The van der Waals surface area contributed by atoms with Crippen molar-refractivity contribution < 1.29 is 8.42 Å². The van der Waals surface area contributed by atoms with Gasteiger partial charge in [0, 0.05) is 24.5 Å². The molecule has 1 aliphatic rings. The maximum Gasteiger partial charge on any atom is 0.243 e. The van der Waals surface area contributed by atoms with Crippen LogP contribution in [0.3, 0.4) is 0 Å². The number of nitrogens with one attached hydrogen (secondary N) is 2. The number of hydrogen-bond acceptors (Lipinski definition) is 4. The van der Waals surface area contributed by atoms with Crippen LogP contribution in [-0.2, 0) is 23.1 Å². The summed E-state index contributed by atoms with van der Waals surface area (Å²) in [5.41, 5.74) is 2.15. The summed E-state index contributed by atoms with van der Waals surface area (Å²) >= 11 is 1.73. The van der Waals surface area contributed by atoms with Crippen LogP contribution >= 0.6 is 11.3 Å². The first-order valence-electron chi connectivity index (χ1n) is 10.1. The molecule has 1 aliphatic heterocycles. The molecule has 2 aromatic rings. The Morgan fingerprint density at radius 2 is 1.97 bits per heavy atom. The van der Waals surface area contributed by atoms with Gasteiger partial charge >= 0.3 is 0 Å². The highest BCUT2D eigenvalue weighted by molar-refractivity contribution is 7.89. The highest BCUT2D eigenvalue weighted by Gasteiger charge is 2.25. The third-order valence-electron chi connectivity index (χ3n) is 5.00. The van der Waals surface area contributed by atoms with Crippen LogP contribution in [0.5, 0.6) is 0 Å². The largest absolute Gasteiger partial charge is 0.357 e. The fourth-order valence-electron chi connectivity index (χ4n) is 3.32. The number of piperidine rings is 1. The van der Waals surface area contributed by atoms with Crippen LogP contribution in [0.25, 0.3) is 0 Å². The van der Waals surface area contributed by atoms with Crippen molar-refractivity contribution in [3.63, 3.8) is 0 Å². The van der Waals surface area contributed by atoms with E-state index in [1.807, 2.05) is 13.0 Å². The summed E-state index contributed by atoms with van der Waals surface area (Å²) in [6.07, 6.45) is 2.97. The maximum absolute atomic E-state index is 12.9. The Balaban J connectivity index is 1.69. The number of rotatable bonds is 7. The fourth-order valence-corrected chi connectivity index (χ4v) is 5.75. The van der Waals surface area contributed by atoms with E-state index in [0.717, 1.165) is 43.9 Å². The number of guanidine groups is 1. The molecule has 2 N–H and O–H groups in total. The molecule has 2 heterocycles. The lowest BCUT2D eigenvalue weighted by molar-refractivity contribution is 0.346. The normalized spacial score (nSPS) is 16.0. The molecular formula is C21H30N4O2S2. The summed E-state index contributed by atoms with van der Waals surface area (Å²) in [6, 6.07) is 9.27. The summed E-state index contributed by atoms with van der Waals surface area (Å²) in [6.45, 7) is 7.26. The number of aliphatic imine (C=N–C) groups is 1. The van der Waals surface area contributed by atoms with Gasteiger partial charge in [-0.25, -0.2) is 13.4 Å². The van der Waals surface area contributed by atoms with Crippen LogP contribution in [0.1, 0.15) is 42.2 Å². The van der Waals surface area contributed by atoms with E-state index < -0.39 is 10.0 Å². The summed E-state index contributed by atoms with van der Waals surface area (Å²) in [7, 11) is -3.42. The third kappa shape index (κ3) is 5.81. The van der Waals surface area contributed by atoms with Gasteiger partial charge in [0.05, 0.1) is 18.0 Å². The molecule has 3 rings (SSSR count). The van der Waals surface area contributed by atoms with E-state index in [1.54, 1.807) is 33.8 Å². The predicted molar refractivity (Wildman–Crippen MR) is 120 cm³/mol. The van der Waals surface area contributed by atoms with Crippen LogP contribution in [0.2, 0.25) is 0 Å². The Morgan fingerprint density at radius 3 is 2.66 bits per heavy atom. The first-order valence-corrected chi connectivity index (χ1v) is 12.5. The van der Waals surface area contributed by atoms with Crippen molar-refractivity contribution in [2.24, 2.45) is 4.99 Å². The second-order valence-corrected chi connectivity index (χ2v) is 10.1. The maximum atomic E-state index is 12.9. The zero-order valence-corrected chi connectivity index (χ0v) is 18.8. The molecule has 8 heteroatoms. The molecule has 0 aliphatic carbocycles. The lowest BCUT2D eigenvalue weighted by atomic mass is 10.2. The van der Waals surface area contributed by atoms with Gasteiger partial charge in [-0.3, -0.25) is 0 Å². The molecule has 1 fully saturated rings. The summed E-state index contributed by atoms with van der Waals surface area (Å²) in [5.74, 6) is 0.726. The van der Waals surface area contributed by atoms with E-state index >= 15 is 0 Å². The lowest BCUT2D eigenvalue weighted by Gasteiger charge is -2.26. The number of nitrogens with zero attached hydrogens (tertiary/aromatic N) is 2. The first-order chi connectivity index (χ1) is 14.0. The standard InChI is InChI=1S/C21H30N4O2S2/c1-3-22-21(24-16-20-17(2)10-13-28-20)23-15-18-8-7-9-19(14-18)29(26,27)25-11-5-4-6-12-25/h7-10,13-14H,3-6,11-12,15-16H2,1-2H3,(H2,22,23,24). The Morgan fingerprint density at radius 1 is 1.17 bits per heavy atom. The molecule has 1 saturated heterocycles. The summed E-state index contributed by atoms with van der Waals surface area (Å²) in [4.78, 5) is 6.28. The zero-order chi connectivity index (χ0) is 20.7. The van der Waals surface area contributed by atoms with Crippen molar-refractivity contribution in [3.05, 3.63) is 51.7 Å². The highest BCUT2D eigenvalue weighted by Crippen LogP contribution is 2.21. The molecule has 0 saturated carbocycles. The van der Waals surface area contributed by atoms with Gasteiger partial charge in [-0.2, -0.15) is 4.31 Å². The van der Waals surface area contributed by atoms with Gasteiger partial charge in [0.15, 0.2) is 5.96 Å². The predicted octanol–water partition coefficient (Wildman–Crippen LogP) is 3.49. The minimum Gasteiger partial charge on any atom is -0.357 e. The molecule has 0 bridgehead atoms. The Labute approximate surface area is 178 Å². The molecule has 158 valence electrons. The number of hydrogen-bond donors (Lipinski definition) is 2. The van der Waals surface area contributed by atoms with Gasteiger partial charge in [0.1, 0.15) is 0 Å². The smallest absolute Gasteiger partial charge is 0.243 e. The molecule has 0 unspecified atom stereocenters. The lowest BCUT2D eigenvalue weighted by Crippen LogP contribution is -2.36. The van der Waals surface area contributed by atoms with Crippen LogP contribution in [0, 0.1) is 6.92 Å². The Kier molecular flexibility index (Phi) is 7.69. The van der Waals surface area contributed by atoms with Crippen LogP contribution in [0.4, 0.5) is 0 Å². The number of benzene rings is 1. The quantitative estimate of drug-likeness (QED) is 0.517. The van der Waals surface area contributed by atoms with E-state index in [4.69, 9.17) is 0 Å². The average Bonchev–Trinajstić information content (AvgIpc) is 3.15. The highest BCUT2D eigenvalue weighted by atomic mass is 32.2. The molecule has 1 aromatic heterocycles. The van der Waals surface area contributed by atoms with Crippen molar-refractivity contribution in [2.45, 2.75) is 51.1 Å². The minimum atomic E-state index is -3.42. The molecule has 0 radical (unpaired) electrons. The van der Waals surface area contributed by atoms with E-state index in [-0.39, 0.29) is 0 Å². The fraction of sp³-hybridized carbons (Fsp3) is 0.476. The van der Waals surface area contributed by atoms with Crippen LogP contribution in [-0.4, -0.2) is 38.3 Å². The zero-order valence-electron chi connectivity index (χ0n) is 17.1. The molecule has 6 nitrogen and oxygen atoms in total. The van der Waals surface area contributed by atoms with Crippen molar-refractivity contribution in [1.82, 2.24) is 14.9 Å². The van der Waals surface area contributed by atoms with Crippen molar-refractivity contribution >= 4 is 27.3 Å². The molecule has 0 amide bonds. The molecule has 29 heavy (non-hydrogen) atoms. The van der Waals surface area contributed by atoms with Gasteiger partial charge in [0.2, 0.25) is 10.0 Å². The second kappa shape index (κ2) is 10.2. The number of sulfonamides is 1. The molecule has 1 aromatic carbocycles. The van der Waals surface area contributed by atoms with Gasteiger partial charge < -0.3 is 10.6 Å². The van der Waals surface area contributed by atoms with E-state index in [1.165, 1.54) is 10.4 Å². The van der Waals surface area contributed by atoms with Crippen molar-refractivity contribution in [1.29, 1.82) is 0 Å². The van der Waals surface area contributed by atoms with Crippen LogP contribution in [0.15, 0.2) is 45.6 Å². The Bertz CT molecular complexity index is 932. The third-order valence-corrected chi connectivity index (χ3v) is 7.92. The van der Waals surface area contributed by atoms with Gasteiger partial charge in [-0.15, -0.1) is 11.3 Å². The number of thiophene rings is 1. The summed E-state index contributed by atoms with van der Waals surface area (Å²) < 4.78 is 27.4. The second-order valence-electron chi connectivity index (χ2n) is 7.19. The first kappa shape index (κ1) is 21.8.